The number of nitrogens with one attached hydrogen (secondary N) is 2. The lowest BCUT2D eigenvalue weighted by Gasteiger charge is -2.22. The van der Waals surface area contributed by atoms with Crippen LogP contribution in [0.5, 0.6) is 0 Å². The maximum atomic E-state index is 12.9. The summed E-state index contributed by atoms with van der Waals surface area (Å²) in [5, 5.41) is 5.50. The lowest BCUT2D eigenvalue weighted by molar-refractivity contribution is -0.135. The van der Waals surface area contributed by atoms with E-state index in [-0.39, 0.29) is 12.6 Å². The van der Waals surface area contributed by atoms with E-state index in [0.29, 0.717) is 10.5 Å². The van der Waals surface area contributed by atoms with Gasteiger partial charge in [0.25, 0.3) is 5.91 Å². The van der Waals surface area contributed by atoms with E-state index in [1.165, 1.54) is 0 Å². The second-order valence-corrected chi connectivity index (χ2v) is 9.00. The van der Waals surface area contributed by atoms with E-state index in [0.717, 1.165) is 16.0 Å². The van der Waals surface area contributed by atoms with Crippen molar-refractivity contribution in [3.63, 3.8) is 0 Å². The molecule has 8 heteroatoms. The zero-order chi connectivity index (χ0) is 22.1. The van der Waals surface area contributed by atoms with E-state index in [2.05, 4.69) is 10.6 Å². The summed E-state index contributed by atoms with van der Waals surface area (Å²) in [6.45, 7) is 5.01. The third kappa shape index (κ3) is 4.28. The Morgan fingerprint density at radius 1 is 1.13 bits per heavy atom. The van der Waals surface area contributed by atoms with E-state index in [1.54, 1.807) is 56.5 Å². The molecular formula is C22H25N3O4S. The fourth-order valence-corrected chi connectivity index (χ4v) is 3.90. The number of amides is 4. The fourth-order valence-electron chi connectivity index (χ4n) is 3.39. The number of carbonyl (C=O) groups is 3. The summed E-state index contributed by atoms with van der Waals surface area (Å²) in [5.74, 6) is -0.906. The van der Waals surface area contributed by atoms with Gasteiger partial charge in [0, 0.05) is 22.0 Å². The van der Waals surface area contributed by atoms with Crippen LogP contribution in [0.3, 0.4) is 0 Å². The summed E-state index contributed by atoms with van der Waals surface area (Å²) in [6.07, 6.45) is 1.60. The van der Waals surface area contributed by atoms with Crippen molar-refractivity contribution in [1.82, 2.24) is 15.5 Å². The Kier molecular flexibility index (Phi) is 6.07. The molecule has 0 aliphatic carbocycles. The van der Waals surface area contributed by atoms with Gasteiger partial charge in [-0.1, -0.05) is 42.0 Å². The predicted octanol–water partition coefficient (Wildman–Crippen LogP) is 2.38. The van der Waals surface area contributed by atoms with E-state index >= 15 is 0 Å². The Hall–Kier alpha value is -3.00. The van der Waals surface area contributed by atoms with Gasteiger partial charge >= 0.3 is 6.03 Å². The van der Waals surface area contributed by atoms with Crippen LogP contribution in [0.4, 0.5) is 4.79 Å². The molecule has 3 unspecified atom stereocenters. The predicted molar refractivity (Wildman–Crippen MR) is 114 cm³/mol. The van der Waals surface area contributed by atoms with Crippen molar-refractivity contribution in [2.75, 3.05) is 12.8 Å². The number of hydrogen-bond donors (Lipinski definition) is 2. The third-order valence-corrected chi connectivity index (χ3v) is 6.23. The molecule has 1 aliphatic heterocycles. The molecule has 4 amide bonds. The van der Waals surface area contributed by atoms with Gasteiger partial charge < -0.3 is 10.6 Å². The number of hydrogen-bond acceptors (Lipinski definition) is 4. The number of carbonyl (C=O) groups excluding carboxylic acids is 3. The molecule has 7 nitrogen and oxygen atoms in total. The molecule has 1 saturated heterocycles. The molecule has 0 spiro atoms. The number of aryl methyl sites for hydroxylation is 1. The van der Waals surface area contributed by atoms with Gasteiger partial charge in [0.15, 0.2) is 0 Å². The van der Waals surface area contributed by atoms with Gasteiger partial charge in [-0.3, -0.25) is 18.7 Å². The van der Waals surface area contributed by atoms with Gasteiger partial charge in [0.05, 0.1) is 6.04 Å². The molecule has 1 heterocycles. The summed E-state index contributed by atoms with van der Waals surface area (Å²) in [5.41, 5.74) is 1.33. The first-order valence-corrected chi connectivity index (χ1v) is 11.1. The molecule has 2 aromatic rings. The maximum absolute atomic E-state index is 12.9. The highest BCUT2D eigenvalue weighted by Crippen LogP contribution is 2.29. The highest BCUT2D eigenvalue weighted by Gasteiger charge is 2.49. The number of imide groups is 1. The number of urea groups is 1. The van der Waals surface area contributed by atoms with Gasteiger partial charge in [-0.15, -0.1) is 0 Å². The Labute approximate surface area is 178 Å². The molecule has 0 aromatic heterocycles. The minimum Gasteiger partial charge on any atom is -0.348 e. The molecule has 2 aromatic carbocycles. The molecule has 158 valence electrons. The van der Waals surface area contributed by atoms with Crippen molar-refractivity contribution in [3.8, 4) is 0 Å². The summed E-state index contributed by atoms with van der Waals surface area (Å²) < 4.78 is 11.5. The smallest absolute Gasteiger partial charge is 0.325 e. The molecule has 0 bridgehead atoms. The quantitative estimate of drug-likeness (QED) is 0.692. The summed E-state index contributed by atoms with van der Waals surface area (Å²) in [6, 6.07) is 13.5. The van der Waals surface area contributed by atoms with Gasteiger partial charge in [-0.05, 0) is 44.0 Å². The van der Waals surface area contributed by atoms with Crippen molar-refractivity contribution in [2.45, 2.75) is 37.2 Å². The van der Waals surface area contributed by atoms with Crippen molar-refractivity contribution in [2.24, 2.45) is 0 Å². The second-order valence-electron chi connectivity index (χ2n) is 7.62. The monoisotopic (exact) mass is 427 g/mol. The third-order valence-electron chi connectivity index (χ3n) is 5.30. The average molecular weight is 428 g/mol. The first-order chi connectivity index (χ1) is 14.1. The number of rotatable bonds is 6. The van der Waals surface area contributed by atoms with Crippen molar-refractivity contribution in [1.29, 1.82) is 0 Å². The largest absolute Gasteiger partial charge is 0.348 e. The Balaban J connectivity index is 1.67. The van der Waals surface area contributed by atoms with Gasteiger partial charge in [0.1, 0.15) is 12.1 Å². The van der Waals surface area contributed by atoms with E-state index < -0.39 is 34.2 Å². The van der Waals surface area contributed by atoms with Crippen LogP contribution in [0.1, 0.15) is 36.6 Å². The van der Waals surface area contributed by atoms with Gasteiger partial charge in [-0.25, -0.2) is 4.79 Å². The second kappa shape index (κ2) is 8.39. The van der Waals surface area contributed by atoms with Crippen molar-refractivity contribution >= 4 is 28.6 Å². The molecule has 1 aliphatic rings. The summed E-state index contributed by atoms with van der Waals surface area (Å²) in [7, 11) is -1.07. The Bertz CT molecular complexity index is 1000. The van der Waals surface area contributed by atoms with Crippen molar-refractivity contribution in [3.05, 3.63) is 65.2 Å². The first kappa shape index (κ1) is 21.7. The van der Waals surface area contributed by atoms with Gasteiger partial charge in [-0.2, -0.15) is 0 Å². The highest BCUT2D eigenvalue weighted by molar-refractivity contribution is 7.84. The van der Waals surface area contributed by atoms with Gasteiger partial charge in [0.2, 0.25) is 5.91 Å². The Morgan fingerprint density at radius 2 is 1.73 bits per heavy atom. The minimum atomic E-state index is -1.21. The molecule has 2 N–H and O–H groups in total. The van der Waals surface area contributed by atoms with E-state index in [1.807, 2.05) is 19.1 Å². The molecule has 30 heavy (non-hydrogen) atoms. The number of nitrogens with zero attached hydrogens (tertiary/aromatic N) is 1. The van der Waals surface area contributed by atoms with Crippen LogP contribution in [0, 0.1) is 6.92 Å². The number of benzene rings is 2. The lowest BCUT2D eigenvalue weighted by atomic mass is 9.91. The van der Waals surface area contributed by atoms with Crippen LogP contribution in [-0.2, 0) is 25.9 Å². The topological polar surface area (TPSA) is 95.6 Å². The average Bonchev–Trinajstić information content (AvgIpc) is 2.92. The lowest BCUT2D eigenvalue weighted by Crippen LogP contribution is -2.43. The Morgan fingerprint density at radius 3 is 2.30 bits per heavy atom. The molecule has 3 rings (SSSR count). The maximum Gasteiger partial charge on any atom is 0.325 e. The zero-order valence-corrected chi connectivity index (χ0v) is 18.2. The van der Waals surface area contributed by atoms with Crippen LogP contribution in [-0.4, -0.2) is 39.8 Å². The fraction of sp³-hybridized carbons (Fsp3) is 0.318. The molecular weight excluding hydrogens is 402 g/mol. The normalized spacial score (nSPS) is 20.6. The van der Waals surface area contributed by atoms with Crippen LogP contribution >= 0.6 is 0 Å². The summed E-state index contributed by atoms with van der Waals surface area (Å²) >= 11 is 0. The zero-order valence-electron chi connectivity index (χ0n) is 17.4. The minimum absolute atomic E-state index is 0.332. The van der Waals surface area contributed by atoms with Crippen LogP contribution < -0.4 is 10.6 Å². The SMILES string of the molecule is Cc1ccc(C2(C)NC(=O)N(CC(=O)NC(C)c3ccc(S(C)=O)cc3)C2=O)cc1. The molecule has 0 saturated carbocycles. The first-order valence-electron chi connectivity index (χ1n) is 9.56. The standard InChI is InChI=1S/C22H25N3O4S/c1-14-5-9-17(10-6-14)22(3)20(27)25(21(28)24-22)13-19(26)23-15(2)16-7-11-18(12-8-16)30(4)29/h5-12,15H,13H2,1-4H3,(H,23,26)(H,24,28). The van der Waals surface area contributed by atoms with Crippen molar-refractivity contribution < 1.29 is 18.6 Å². The molecule has 1 fully saturated rings. The molecule has 3 atom stereocenters. The summed E-state index contributed by atoms with van der Waals surface area (Å²) in [4.78, 5) is 39.5. The molecule has 0 radical (unpaired) electrons. The van der Waals surface area contributed by atoms with Crippen LogP contribution in [0.25, 0.3) is 0 Å². The van der Waals surface area contributed by atoms with E-state index in [4.69, 9.17) is 0 Å². The highest BCUT2D eigenvalue weighted by atomic mass is 32.2. The van der Waals surface area contributed by atoms with E-state index in [9.17, 15) is 18.6 Å². The van der Waals surface area contributed by atoms with Crippen LogP contribution in [0.2, 0.25) is 0 Å². The van der Waals surface area contributed by atoms with Crippen LogP contribution in [0.15, 0.2) is 53.4 Å².